The fraction of sp³-hybridized carbons (Fsp3) is 0.545. The largest absolute Gasteiger partial charge is 0.330 e. The molecule has 3 heteroatoms. The minimum atomic E-state index is 0.775. The third kappa shape index (κ3) is 4.94. The van der Waals surface area contributed by atoms with Crippen LogP contribution in [0.3, 0.4) is 0 Å². The SMILES string of the molecule is NCCCNCCCc1ccncc1. The molecule has 0 unspecified atom stereocenters. The van der Waals surface area contributed by atoms with E-state index in [0.717, 1.165) is 32.5 Å². The number of pyridine rings is 1. The molecule has 0 aliphatic heterocycles. The number of nitrogens with zero attached hydrogens (tertiary/aromatic N) is 1. The van der Waals surface area contributed by atoms with Gasteiger partial charge in [0.15, 0.2) is 0 Å². The number of hydrogen-bond donors (Lipinski definition) is 2. The maximum atomic E-state index is 5.39. The molecule has 0 aliphatic carbocycles. The van der Waals surface area contributed by atoms with Gasteiger partial charge in [-0.05, 0) is 56.6 Å². The highest BCUT2D eigenvalue weighted by atomic mass is 14.8. The first kappa shape index (κ1) is 11.1. The van der Waals surface area contributed by atoms with Gasteiger partial charge in [-0.1, -0.05) is 0 Å². The first-order chi connectivity index (χ1) is 6.93. The summed E-state index contributed by atoms with van der Waals surface area (Å²) in [5.41, 5.74) is 6.75. The van der Waals surface area contributed by atoms with Crippen molar-refractivity contribution in [3.63, 3.8) is 0 Å². The van der Waals surface area contributed by atoms with Gasteiger partial charge in [-0.3, -0.25) is 4.98 Å². The van der Waals surface area contributed by atoms with Crippen LogP contribution in [0.4, 0.5) is 0 Å². The van der Waals surface area contributed by atoms with Crippen LogP contribution < -0.4 is 11.1 Å². The minimum absolute atomic E-state index is 0.775. The van der Waals surface area contributed by atoms with Crippen LogP contribution in [0.15, 0.2) is 24.5 Å². The summed E-state index contributed by atoms with van der Waals surface area (Å²) in [5, 5.41) is 3.36. The molecule has 0 saturated heterocycles. The Labute approximate surface area is 85.7 Å². The Balaban J connectivity index is 1.99. The predicted molar refractivity (Wildman–Crippen MR) is 59.1 cm³/mol. The van der Waals surface area contributed by atoms with Crippen LogP contribution in [0, 0.1) is 0 Å². The van der Waals surface area contributed by atoms with E-state index < -0.39 is 0 Å². The van der Waals surface area contributed by atoms with Crippen LogP contribution in [0.5, 0.6) is 0 Å². The van der Waals surface area contributed by atoms with Crippen molar-refractivity contribution in [3.05, 3.63) is 30.1 Å². The lowest BCUT2D eigenvalue weighted by molar-refractivity contribution is 0.627. The molecule has 0 amide bonds. The van der Waals surface area contributed by atoms with Crippen LogP contribution in [-0.2, 0) is 6.42 Å². The van der Waals surface area contributed by atoms with Crippen molar-refractivity contribution in [3.8, 4) is 0 Å². The molecule has 3 nitrogen and oxygen atoms in total. The Hall–Kier alpha value is -0.930. The van der Waals surface area contributed by atoms with Crippen LogP contribution in [0.2, 0.25) is 0 Å². The van der Waals surface area contributed by atoms with Gasteiger partial charge in [0.2, 0.25) is 0 Å². The Morgan fingerprint density at radius 3 is 2.57 bits per heavy atom. The number of rotatable bonds is 7. The van der Waals surface area contributed by atoms with E-state index in [1.54, 1.807) is 0 Å². The standard InChI is InChI=1S/C11H19N3/c12-6-2-8-13-7-1-3-11-4-9-14-10-5-11/h4-5,9-10,13H,1-3,6-8,12H2. The summed E-state index contributed by atoms with van der Waals surface area (Å²) >= 11 is 0. The van der Waals surface area contributed by atoms with Crippen LogP contribution in [0.1, 0.15) is 18.4 Å². The van der Waals surface area contributed by atoms with E-state index in [1.165, 1.54) is 12.0 Å². The van der Waals surface area contributed by atoms with Gasteiger partial charge in [0, 0.05) is 12.4 Å². The predicted octanol–water partition coefficient (Wildman–Crippen LogP) is 0.953. The molecule has 0 fully saturated rings. The highest BCUT2D eigenvalue weighted by Crippen LogP contribution is 1.99. The Bertz CT molecular complexity index is 223. The third-order valence-corrected chi connectivity index (χ3v) is 2.13. The molecule has 0 radical (unpaired) electrons. The molecule has 1 rings (SSSR count). The normalized spacial score (nSPS) is 10.4. The van der Waals surface area contributed by atoms with E-state index in [2.05, 4.69) is 22.4 Å². The van der Waals surface area contributed by atoms with Gasteiger partial charge in [-0.2, -0.15) is 0 Å². The van der Waals surface area contributed by atoms with Crippen molar-refractivity contribution >= 4 is 0 Å². The Morgan fingerprint density at radius 2 is 1.86 bits per heavy atom. The Morgan fingerprint density at radius 1 is 1.14 bits per heavy atom. The molecule has 1 heterocycles. The second-order valence-electron chi connectivity index (χ2n) is 3.35. The number of aromatic nitrogens is 1. The Kier molecular flexibility index (Phi) is 5.95. The van der Waals surface area contributed by atoms with Gasteiger partial charge < -0.3 is 11.1 Å². The molecule has 3 N–H and O–H groups in total. The molecule has 14 heavy (non-hydrogen) atoms. The highest BCUT2D eigenvalue weighted by Gasteiger charge is 1.91. The fourth-order valence-electron chi connectivity index (χ4n) is 1.32. The van der Waals surface area contributed by atoms with E-state index >= 15 is 0 Å². The first-order valence-corrected chi connectivity index (χ1v) is 5.23. The van der Waals surface area contributed by atoms with Gasteiger partial charge in [0.05, 0.1) is 0 Å². The van der Waals surface area contributed by atoms with Crippen molar-refractivity contribution < 1.29 is 0 Å². The highest BCUT2D eigenvalue weighted by molar-refractivity contribution is 5.09. The molecular formula is C11H19N3. The number of nitrogens with two attached hydrogens (primary N) is 1. The average molecular weight is 193 g/mol. The summed E-state index contributed by atoms with van der Waals surface area (Å²) < 4.78 is 0. The van der Waals surface area contributed by atoms with E-state index in [-0.39, 0.29) is 0 Å². The zero-order valence-electron chi connectivity index (χ0n) is 8.58. The molecule has 0 aromatic carbocycles. The molecule has 0 spiro atoms. The topological polar surface area (TPSA) is 50.9 Å². The van der Waals surface area contributed by atoms with Crippen LogP contribution in [-0.4, -0.2) is 24.6 Å². The summed E-state index contributed by atoms with van der Waals surface area (Å²) in [4.78, 5) is 3.98. The van der Waals surface area contributed by atoms with E-state index in [4.69, 9.17) is 5.73 Å². The van der Waals surface area contributed by atoms with Gasteiger partial charge in [0.1, 0.15) is 0 Å². The molecular weight excluding hydrogens is 174 g/mol. The van der Waals surface area contributed by atoms with Gasteiger partial charge in [-0.15, -0.1) is 0 Å². The number of aryl methyl sites for hydroxylation is 1. The van der Waals surface area contributed by atoms with Crippen molar-refractivity contribution in [2.45, 2.75) is 19.3 Å². The molecule has 0 bridgehead atoms. The van der Waals surface area contributed by atoms with Gasteiger partial charge in [-0.25, -0.2) is 0 Å². The summed E-state index contributed by atoms with van der Waals surface area (Å²) in [6.07, 6.45) is 7.05. The van der Waals surface area contributed by atoms with Crippen LogP contribution in [0.25, 0.3) is 0 Å². The van der Waals surface area contributed by atoms with Crippen molar-refractivity contribution in [1.82, 2.24) is 10.3 Å². The van der Waals surface area contributed by atoms with Crippen LogP contribution >= 0.6 is 0 Å². The maximum Gasteiger partial charge on any atom is 0.0270 e. The second-order valence-corrected chi connectivity index (χ2v) is 3.35. The number of hydrogen-bond acceptors (Lipinski definition) is 3. The second kappa shape index (κ2) is 7.47. The minimum Gasteiger partial charge on any atom is -0.330 e. The molecule has 0 atom stereocenters. The lowest BCUT2D eigenvalue weighted by Crippen LogP contribution is -2.19. The molecule has 1 aromatic rings. The lowest BCUT2D eigenvalue weighted by atomic mass is 10.1. The van der Waals surface area contributed by atoms with Gasteiger partial charge in [0.25, 0.3) is 0 Å². The third-order valence-electron chi connectivity index (χ3n) is 2.13. The molecule has 0 saturated carbocycles. The summed E-state index contributed by atoms with van der Waals surface area (Å²) in [5.74, 6) is 0. The molecule has 1 aromatic heterocycles. The van der Waals surface area contributed by atoms with Crippen molar-refractivity contribution in [2.75, 3.05) is 19.6 Å². The molecule has 78 valence electrons. The van der Waals surface area contributed by atoms with Crippen molar-refractivity contribution in [1.29, 1.82) is 0 Å². The lowest BCUT2D eigenvalue weighted by Gasteiger charge is -2.03. The first-order valence-electron chi connectivity index (χ1n) is 5.23. The zero-order chi connectivity index (χ0) is 10.1. The average Bonchev–Trinajstić information content (AvgIpc) is 2.25. The maximum absolute atomic E-state index is 5.39. The van der Waals surface area contributed by atoms with E-state index in [0.29, 0.717) is 0 Å². The monoisotopic (exact) mass is 193 g/mol. The fourth-order valence-corrected chi connectivity index (χ4v) is 1.32. The number of nitrogens with one attached hydrogen (secondary N) is 1. The smallest absolute Gasteiger partial charge is 0.0270 e. The summed E-state index contributed by atoms with van der Waals surface area (Å²) in [7, 11) is 0. The zero-order valence-corrected chi connectivity index (χ0v) is 8.58. The van der Waals surface area contributed by atoms with E-state index in [9.17, 15) is 0 Å². The van der Waals surface area contributed by atoms with Crippen molar-refractivity contribution in [2.24, 2.45) is 5.73 Å². The van der Waals surface area contributed by atoms with E-state index in [1.807, 2.05) is 12.4 Å². The molecule has 0 aliphatic rings. The summed E-state index contributed by atoms with van der Waals surface area (Å²) in [6.45, 7) is 2.88. The summed E-state index contributed by atoms with van der Waals surface area (Å²) in [6, 6.07) is 4.14. The van der Waals surface area contributed by atoms with Gasteiger partial charge >= 0.3 is 0 Å². The quantitative estimate of drug-likeness (QED) is 0.634.